The smallest absolute Gasteiger partial charge is 0.244 e. The van der Waals surface area contributed by atoms with Crippen LogP contribution in [-0.4, -0.2) is 5.91 Å². The number of nitrogens with zero attached hydrogens (tertiary/aromatic N) is 1. The number of rotatable bonds is 2. The molecule has 0 atom stereocenters. The molecule has 0 aliphatic rings. The molecule has 0 aliphatic carbocycles. The van der Waals surface area contributed by atoms with E-state index in [-0.39, 0.29) is 0 Å². The van der Waals surface area contributed by atoms with E-state index in [0.29, 0.717) is 11.1 Å². The fourth-order valence-corrected chi connectivity index (χ4v) is 0.369. The number of amides is 1. The molecule has 0 saturated carbocycles. The fraction of sp³-hybridized carbons (Fsp3) is 0.250. The van der Waals surface area contributed by atoms with Crippen molar-refractivity contribution in [3.8, 4) is 6.07 Å². The third-order valence-corrected chi connectivity index (χ3v) is 1.15. The Bertz CT molecular complexity index is 256. The van der Waals surface area contributed by atoms with Crippen LogP contribution in [0.2, 0.25) is 0 Å². The Morgan fingerprint density at radius 3 is 2.36 bits per heavy atom. The Morgan fingerprint density at radius 2 is 2.00 bits per heavy atom. The first-order chi connectivity index (χ1) is 5.07. The number of allylic oxidation sites excluding steroid dienone is 3. The summed E-state index contributed by atoms with van der Waals surface area (Å²) in [6.45, 7) is 3.26. The third-order valence-electron chi connectivity index (χ3n) is 1.15. The van der Waals surface area contributed by atoms with Gasteiger partial charge >= 0.3 is 0 Å². The maximum Gasteiger partial charge on any atom is 0.244 e. The maximum absolute atomic E-state index is 10.4. The summed E-state index contributed by atoms with van der Waals surface area (Å²) in [6, 6.07) is 1.92. The Hall–Kier alpha value is -1.56. The van der Waals surface area contributed by atoms with Crippen molar-refractivity contribution in [1.29, 1.82) is 5.26 Å². The van der Waals surface area contributed by atoms with Gasteiger partial charge in [0.2, 0.25) is 5.91 Å². The van der Waals surface area contributed by atoms with Crippen LogP contribution in [0.5, 0.6) is 0 Å². The van der Waals surface area contributed by atoms with E-state index in [1.54, 1.807) is 19.9 Å². The Labute approximate surface area is 65.8 Å². The predicted octanol–water partition coefficient (Wildman–Crippen LogP) is 0.888. The molecule has 0 aromatic heterocycles. The molecule has 0 heterocycles. The first-order valence-electron chi connectivity index (χ1n) is 3.13. The fourth-order valence-electron chi connectivity index (χ4n) is 0.369. The largest absolute Gasteiger partial charge is 0.366 e. The van der Waals surface area contributed by atoms with Gasteiger partial charge in [-0.2, -0.15) is 5.26 Å². The quantitative estimate of drug-likeness (QED) is 0.361. The number of nitriles is 1. The number of primary amides is 1. The van der Waals surface area contributed by atoms with Gasteiger partial charge in [0, 0.05) is 11.1 Å². The molecule has 0 unspecified atom stereocenters. The third kappa shape index (κ3) is 3.93. The van der Waals surface area contributed by atoms with Gasteiger partial charge in [0.25, 0.3) is 0 Å². The van der Waals surface area contributed by atoms with Crippen LogP contribution in [0.3, 0.4) is 0 Å². The molecule has 0 aromatic carbocycles. The molecule has 0 radical (unpaired) electrons. The van der Waals surface area contributed by atoms with E-state index in [0.717, 1.165) is 0 Å². The van der Waals surface area contributed by atoms with Crippen molar-refractivity contribution in [2.75, 3.05) is 0 Å². The molecule has 0 aromatic rings. The Morgan fingerprint density at radius 1 is 1.45 bits per heavy atom. The van der Waals surface area contributed by atoms with Crippen LogP contribution in [0, 0.1) is 11.3 Å². The summed E-state index contributed by atoms with van der Waals surface area (Å²) in [5, 5.41) is 8.32. The van der Waals surface area contributed by atoms with Gasteiger partial charge in [-0.15, -0.1) is 0 Å². The van der Waals surface area contributed by atoms with E-state index in [9.17, 15) is 4.79 Å². The second kappa shape index (κ2) is 4.29. The number of hydrogen-bond acceptors (Lipinski definition) is 2. The zero-order valence-corrected chi connectivity index (χ0v) is 6.59. The van der Waals surface area contributed by atoms with Crippen molar-refractivity contribution in [1.82, 2.24) is 0 Å². The van der Waals surface area contributed by atoms with Crippen molar-refractivity contribution in [3.05, 3.63) is 23.3 Å². The van der Waals surface area contributed by atoms with Crippen LogP contribution >= 0.6 is 0 Å². The summed E-state index contributed by atoms with van der Waals surface area (Å²) in [7, 11) is 0. The first kappa shape index (κ1) is 9.44. The highest BCUT2D eigenvalue weighted by Crippen LogP contribution is 1.94. The van der Waals surface area contributed by atoms with Crippen LogP contribution in [0.4, 0.5) is 0 Å². The van der Waals surface area contributed by atoms with Crippen LogP contribution in [-0.2, 0) is 4.79 Å². The van der Waals surface area contributed by atoms with Gasteiger partial charge in [-0.05, 0) is 19.9 Å². The molecule has 1 amide bonds. The SMILES string of the molecule is C/C(C#N)=C\C=C(/C)C(N)=O. The molecular weight excluding hydrogens is 140 g/mol. The molecule has 2 N–H and O–H groups in total. The number of carbonyl (C=O) groups excluding carboxylic acids is 1. The lowest BCUT2D eigenvalue weighted by Crippen LogP contribution is -2.11. The molecule has 3 heteroatoms. The van der Waals surface area contributed by atoms with Gasteiger partial charge in [0.05, 0.1) is 6.07 Å². The monoisotopic (exact) mass is 150 g/mol. The van der Waals surface area contributed by atoms with E-state index in [1.165, 1.54) is 6.08 Å². The molecule has 58 valence electrons. The van der Waals surface area contributed by atoms with Gasteiger partial charge < -0.3 is 5.73 Å². The zero-order chi connectivity index (χ0) is 8.85. The molecular formula is C8H10N2O. The Balaban J connectivity index is 4.38. The van der Waals surface area contributed by atoms with E-state index in [4.69, 9.17) is 11.0 Å². The van der Waals surface area contributed by atoms with Gasteiger partial charge in [0.15, 0.2) is 0 Å². The first-order valence-corrected chi connectivity index (χ1v) is 3.13. The molecule has 0 bridgehead atoms. The highest BCUT2D eigenvalue weighted by molar-refractivity contribution is 5.91. The lowest BCUT2D eigenvalue weighted by Gasteiger charge is -1.88. The van der Waals surface area contributed by atoms with Crippen LogP contribution in [0.15, 0.2) is 23.3 Å². The summed E-state index contributed by atoms with van der Waals surface area (Å²) in [6.07, 6.45) is 3.08. The number of hydrogen-bond donors (Lipinski definition) is 1. The summed E-state index contributed by atoms with van der Waals surface area (Å²) in [5.74, 6) is -0.466. The van der Waals surface area contributed by atoms with Gasteiger partial charge in [-0.1, -0.05) is 6.08 Å². The molecule has 0 spiro atoms. The standard InChI is InChI=1S/C8H10N2O/c1-6(5-9)3-4-7(2)8(10)11/h3-4H,1-2H3,(H2,10,11)/b6-3+,7-4+. The Kier molecular flexibility index (Phi) is 3.68. The van der Waals surface area contributed by atoms with Gasteiger partial charge in [-0.3, -0.25) is 4.79 Å². The van der Waals surface area contributed by atoms with Crippen molar-refractivity contribution < 1.29 is 4.79 Å². The topological polar surface area (TPSA) is 66.9 Å². The molecule has 0 aliphatic heterocycles. The molecule has 0 rings (SSSR count). The summed E-state index contributed by atoms with van der Waals surface area (Å²) < 4.78 is 0. The normalized spacial score (nSPS) is 12.5. The second-order valence-electron chi connectivity index (χ2n) is 2.18. The van der Waals surface area contributed by atoms with E-state index >= 15 is 0 Å². The summed E-state index contributed by atoms with van der Waals surface area (Å²) >= 11 is 0. The second-order valence-corrected chi connectivity index (χ2v) is 2.18. The lowest BCUT2D eigenvalue weighted by molar-refractivity contribution is -0.114. The van der Waals surface area contributed by atoms with Crippen molar-refractivity contribution >= 4 is 5.91 Å². The molecule has 0 saturated heterocycles. The molecule has 3 nitrogen and oxygen atoms in total. The summed E-state index contributed by atoms with van der Waals surface area (Å²) in [5.41, 5.74) is 5.94. The average Bonchev–Trinajstić information content (AvgIpc) is 1.99. The lowest BCUT2D eigenvalue weighted by atomic mass is 10.2. The van der Waals surface area contributed by atoms with E-state index in [1.807, 2.05) is 6.07 Å². The highest BCUT2D eigenvalue weighted by atomic mass is 16.1. The van der Waals surface area contributed by atoms with Crippen LogP contribution < -0.4 is 5.73 Å². The minimum Gasteiger partial charge on any atom is -0.366 e. The minimum atomic E-state index is -0.466. The number of nitrogens with two attached hydrogens (primary N) is 1. The van der Waals surface area contributed by atoms with Crippen molar-refractivity contribution in [2.24, 2.45) is 5.73 Å². The maximum atomic E-state index is 10.4. The number of carbonyl (C=O) groups is 1. The minimum absolute atomic E-state index is 0.444. The van der Waals surface area contributed by atoms with Gasteiger partial charge in [-0.25, -0.2) is 0 Å². The van der Waals surface area contributed by atoms with Crippen LogP contribution in [0.1, 0.15) is 13.8 Å². The van der Waals surface area contributed by atoms with Crippen LogP contribution in [0.25, 0.3) is 0 Å². The van der Waals surface area contributed by atoms with E-state index < -0.39 is 5.91 Å². The van der Waals surface area contributed by atoms with E-state index in [2.05, 4.69) is 0 Å². The van der Waals surface area contributed by atoms with Crippen molar-refractivity contribution in [2.45, 2.75) is 13.8 Å². The average molecular weight is 150 g/mol. The predicted molar refractivity (Wildman–Crippen MR) is 42.3 cm³/mol. The molecule has 11 heavy (non-hydrogen) atoms. The zero-order valence-electron chi connectivity index (χ0n) is 6.59. The highest BCUT2D eigenvalue weighted by Gasteiger charge is 1.93. The summed E-state index contributed by atoms with van der Waals surface area (Å²) in [4.78, 5) is 10.4. The molecule has 0 fully saturated rings. The van der Waals surface area contributed by atoms with Gasteiger partial charge in [0.1, 0.15) is 0 Å². The van der Waals surface area contributed by atoms with Crippen molar-refractivity contribution in [3.63, 3.8) is 0 Å².